The van der Waals surface area contributed by atoms with Gasteiger partial charge in [0.1, 0.15) is 0 Å². The van der Waals surface area contributed by atoms with E-state index in [1.165, 1.54) is 35.7 Å². The Bertz CT molecular complexity index is 855. The quantitative estimate of drug-likeness (QED) is 0.700. The summed E-state index contributed by atoms with van der Waals surface area (Å²) in [6.45, 7) is 4.26. The van der Waals surface area contributed by atoms with E-state index in [0.717, 1.165) is 23.8 Å². The Morgan fingerprint density at radius 3 is 2.54 bits per heavy atom. The molecule has 3 nitrogen and oxygen atoms in total. The predicted octanol–water partition coefficient (Wildman–Crippen LogP) is 5.06. The molecular weight excluding hydrogens is 340 g/mol. The highest BCUT2D eigenvalue weighted by Crippen LogP contribution is 2.32. The van der Waals surface area contributed by atoms with Crippen LogP contribution in [0.2, 0.25) is 0 Å². The van der Waals surface area contributed by atoms with Crippen molar-refractivity contribution in [2.75, 3.05) is 13.1 Å². The summed E-state index contributed by atoms with van der Waals surface area (Å²) in [6.07, 6.45) is 4.39. The highest BCUT2D eigenvalue weighted by Gasteiger charge is 2.28. The molecule has 2 aromatic rings. The van der Waals surface area contributed by atoms with E-state index < -0.39 is 0 Å². The Kier molecular flexibility index (Phi) is 4.93. The average Bonchev–Trinajstić information content (AvgIpc) is 3.04. The zero-order valence-electron chi connectivity index (χ0n) is 14.9. The van der Waals surface area contributed by atoms with Crippen LogP contribution < -0.4 is 0 Å². The van der Waals surface area contributed by atoms with Crippen molar-refractivity contribution in [2.24, 2.45) is 10.9 Å². The SMILES string of the molecule is CC1CCCN(C2=NC(=O)/C(=C/c3ccc(-c4ccccc4)cc3)S2)C1. The lowest BCUT2D eigenvalue weighted by Crippen LogP contribution is -2.37. The van der Waals surface area contributed by atoms with Gasteiger partial charge in [0.15, 0.2) is 5.17 Å². The lowest BCUT2D eigenvalue weighted by molar-refractivity contribution is -0.113. The van der Waals surface area contributed by atoms with Crippen LogP contribution >= 0.6 is 11.8 Å². The van der Waals surface area contributed by atoms with Crippen molar-refractivity contribution in [1.82, 2.24) is 4.90 Å². The lowest BCUT2D eigenvalue weighted by atomic mass is 10.0. The van der Waals surface area contributed by atoms with Gasteiger partial charge in [-0.05, 0) is 53.3 Å². The van der Waals surface area contributed by atoms with Gasteiger partial charge < -0.3 is 4.90 Å². The van der Waals surface area contributed by atoms with Gasteiger partial charge in [-0.15, -0.1) is 0 Å². The molecule has 0 aromatic heterocycles. The van der Waals surface area contributed by atoms with E-state index in [1.807, 2.05) is 24.3 Å². The summed E-state index contributed by atoms with van der Waals surface area (Å²) in [7, 11) is 0. The fraction of sp³-hybridized carbons (Fsp3) is 0.273. The lowest BCUT2D eigenvalue weighted by Gasteiger charge is -2.31. The van der Waals surface area contributed by atoms with Crippen molar-refractivity contribution in [1.29, 1.82) is 0 Å². The molecule has 26 heavy (non-hydrogen) atoms. The second-order valence-electron chi connectivity index (χ2n) is 6.99. The fourth-order valence-electron chi connectivity index (χ4n) is 3.45. The van der Waals surface area contributed by atoms with Crippen molar-refractivity contribution in [2.45, 2.75) is 19.8 Å². The largest absolute Gasteiger partial charge is 0.351 e. The van der Waals surface area contributed by atoms with Gasteiger partial charge in [-0.2, -0.15) is 4.99 Å². The maximum Gasteiger partial charge on any atom is 0.286 e. The van der Waals surface area contributed by atoms with Gasteiger partial charge in [-0.1, -0.05) is 61.5 Å². The average molecular weight is 362 g/mol. The number of piperidine rings is 1. The molecule has 0 N–H and O–H groups in total. The van der Waals surface area contributed by atoms with Gasteiger partial charge in [-0.3, -0.25) is 4.79 Å². The first-order valence-electron chi connectivity index (χ1n) is 9.12. The van der Waals surface area contributed by atoms with Crippen molar-refractivity contribution in [3.63, 3.8) is 0 Å². The first-order valence-corrected chi connectivity index (χ1v) is 9.94. The van der Waals surface area contributed by atoms with E-state index in [0.29, 0.717) is 10.8 Å². The van der Waals surface area contributed by atoms with Crippen LogP contribution in [-0.4, -0.2) is 29.1 Å². The van der Waals surface area contributed by atoms with E-state index >= 15 is 0 Å². The fourth-order valence-corrected chi connectivity index (χ4v) is 4.40. The molecule has 2 aliphatic heterocycles. The summed E-state index contributed by atoms with van der Waals surface area (Å²) >= 11 is 1.51. The monoisotopic (exact) mass is 362 g/mol. The minimum absolute atomic E-state index is 0.115. The zero-order valence-corrected chi connectivity index (χ0v) is 15.7. The minimum Gasteiger partial charge on any atom is -0.351 e. The number of hydrogen-bond acceptors (Lipinski definition) is 3. The number of hydrogen-bond donors (Lipinski definition) is 0. The number of amidine groups is 1. The van der Waals surface area contributed by atoms with Gasteiger partial charge in [0.05, 0.1) is 4.91 Å². The highest BCUT2D eigenvalue weighted by atomic mass is 32.2. The summed E-state index contributed by atoms with van der Waals surface area (Å²) in [6, 6.07) is 18.6. The van der Waals surface area contributed by atoms with Crippen LogP contribution in [0.5, 0.6) is 0 Å². The van der Waals surface area contributed by atoms with Crippen molar-refractivity contribution in [3.8, 4) is 11.1 Å². The van der Waals surface area contributed by atoms with Crippen LogP contribution in [0.3, 0.4) is 0 Å². The summed E-state index contributed by atoms with van der Waals surface area (Å²) in [5, 5.41) is 0.869. The number of rotatable bonds is 2. The molecule has 2 aliphatic rings. The van der Waals surface area contributed by atoms with Crippen LogP contribution in [0, 0.1) is 5.92 Å². The minimum atomic E-state index is -0.115. The molecule has 0 saturated carbocycles. The Morgan fingerprint density at radius 2 is 1.81 bits per heavy atom. The van der Waals surface area contributed by atoms with Crippen LogP contribution in [-0.2, 0) is 4.79 Å². The molecule has 0 radical (unpaired) electrons. The van der Waals surface area contributed by atoms with Crippen molar-refractivity contribution in [3.05, 3.63) is 65.1 Å². The number of thioether (sulfide) groups is 1. The van der Waals surface area contributed by atoms with E-state index in [-0.39, 0.29) is 5.91 Å². The van der Waals surface area contributed by atoms with Gasteiger partial charge in [-0.25, -0.2) is 0 Å². The third-order valence-corrected chi connectivity index (χ3v) is 5.90. The zero-order chi connectivity index (χ0) is 17.9. The second kappa shape index (κ2) is 7.50. The van der Waals surface area contributed by atoms with Gasteiger partial charge >= 0.3 is 0 Å². The topological polar surface area (TPSA) is 32.7 Å². The first-order chi connectivity index (χ1) is 12.7. The number of aliphatic imine (C=N–C) groups is 1. The van der Waals surface area contributed by atoms with Crippen LogP contribution in [0.1, 0.15) is 25.3 Å². The summed E-state index contributed by atoms with van der Waals surface area (Å²) in [5.41, 5.74) is 3.41. The van der Waals surface area contributed by atoms with E-state index in [2.05, 4.69) is 53.2 Å². The molecule has 1 unspecified atom stereocenters. The first kappa shape index (κ1) is 17.1. The second-order valence-corrected chi connectivity index (χ2v) is 8.00. The molecule has 0 bridgehead atoms. The molecule has 1 saturated heterocycles. The number of nitrogens with zero attached hydrogens (tertiary/aromatic N) is 2. The smallest absolute Gasteiger partial charge is 0.286 e. The van der Waals surface area contributed by atoms with Gasteiger partial charge in [0.25, 0.3) is 5.91 Å². The van der Waals surface area contributed by atoms with Gasteiger partial charge in [0, 0.05) is 13.1 Å². The third kappa shape index (κ3) is 3.75. The molecule has 132 valence electrons. The molecule has 1 amide bonds. The number of carbonyl (C=O) groups is 1. The summed E-state index contributed by atoms with van der Waals surface area (Å²) in [5.74, 6) is 0.552. The van der Waals surface area contributed by atoms with Gasteiger partial charge in [0.2, 0.25) is 0 Å². The maximum atomic E-state index is 12.3. The number of benzene rings is 2. The molecule has 4 heteroatoms. The molecule has 1 atom stereocenters. The molecule has 0 spiro atoms. The Balaban J connectivity index is 1.48. The standard InChI is InChI=1S/C22H22N2OS/c1-16-6-5-13-24(15-16)22-23-21(25)20(26-22)14-17-9-11-19(12-10-17)18-7-3-2-4-8-18/h2-4,7-12,14,16H,5-6,13,15H2,1H3/b20-14-. The van der Waals surface area contributed by atoms with E-state index in [1.54, 1.807) is 0 Å². The Morgan fingerprint density at radius 1 is 1.08 bits per heavy atom. The Hall–Kier alpha value is -2.33. The third-order valence-electron chi connectivity index (χ3n) is 4.85. The van der Waals surface area contributed by atoms with E-state index in [4.69, 9.17) is 0 Å². The number of amides is 1. The molecule has 4 rings (SSSR count). The highest BCUT2D eigenvalue weighted by molar-refractivity contribution is 8.18. The summed E-state index contributed by atoms with van der Waals surface area (Å²) in [4.78, 5) is 19.6. The molecule has 2 heterocycles. The van der Waals surface area contributed by atoms with E-state index in [9.17, 15) is 4.79 Å². The van der Waals surface area contributed by atoms with Crippen molar-refractivity contribution < 1.29 is 4.79 Å². The molecule has 1 fully saturated rings. The van der Waals surface area contributed by atoms with Crippen LogP contribution in [0.25, 0.3) is 17.2 Å². The number of carbonyl (C=O) groups excluding carboxylic acids is 1. The van der Waals surface area contributed by atoms with Crippen LogP contribution in [0.15, 0.2) is 64.5 Å². The number of likely N-dealkylation sites (tertiary alicyclic amines) is 1. The van der Waals surface area contributed by atoms with Crippen LogP contribution in [0.4, 0.5) is 0 Å². The molecule has 2 aromatic carbocycles. The Labute approximate surface area is 158 Å². The molecular formula is C22H22N2OS. The normalized spacial score (nSPS) is 22.0. The van der Waals surface area contributed by atoms with Crippen molar-refractivity contribution >= 4 is 28.9 Å². The maximum absolute atomic E-state index is 12.3. The predicted molar refractivity (Wildman–Crippen MR) is 110 cm³/mol. The summed E-state index contributed by atoms with van der Waals surface area (Å²) < 4.78 is 0. The molecule has 0 aliphatic carbocycles.